The van der Waals surface area contributed by atoms with Crippen LogP contribution >= 0.6 is 11.6 Å². The monoisotopic (exact) mass is 238 g/mol. The molecule has 0 bridgehead atoms. The zero-order chi connectivity index (χ0) is 11.5. The van der Waals surface area contributed by atoms with Crippen molar-refractivity contribution in [3.8, 4) is 0 Å². The number of halogens is 1. The molecule has 16 heavy (non-hydrogen) atoms. The van der Waals surface area contributed by atoms with Crippen molar-refractivity contribution in [2.24, 2.45) is 5.92 Å². The summed E-state index contributed by atoms with van der Waals surface area (Å²) in [7, 11) is 0. The van der Waals surface area contributed by atoms with E-state index in [2.05, 4.69) is 10.6 Å². The molecule has 2 N–H and O–H groups in total. The maximum absolute atomic E-state index is 11.4. The number of carbonyl (C=O) groups excluding carboxylic acids is 2. The molecule has 0 atom stereocenters. The van der Waals surface area contributed by atoms with Crippen LogP contribution in [0.25, 0.3) is 0 Å². The minimum absolute atomic E-state index is 0.0111. The van der Waals surface area contributed by atoms with E-state index in [1.165, 1.54) is 0 Å². The number of urea groups is 1. The van der Waals surface area contributed by atoms with E-state index in [9.17, 15) is 9.59 Å². The van der Waals surface area contributed by atoms with Crippen LogP contribution < -0.4 is 10.6 Å². The molecule has 1 fully saturated rings. The fourth-order valence-electron chi connectivity index (χ4n) is 1.28. The highest BCUT2D eigenvalue weighted by Gasteiger charge is 2.30. The van der Waals surface area contributed by atoms with Crippen LogP contribution in [0.5, 0.6) is 0 Å². The molecule has 3 amide bonds. The summed E-state index contributed by atoms with van der Waals surface area (Å²) in [6.07, 6.45) is 1.73. The first-order valence-electron chi connectivity index (χ1n) is 5.03. The molecule has 1 saturated carbocycles. The Labute approximate surface area is 98.0 Å². The summed E-state index contributed by atoms with van der Waals surface area (Å²) in [5, 5.41) is 5.23. The standard InChI is InChI=1S/C11H11ClN2O2/c12-8-3-1-2-4-9(8)13-11(16)14-10(15)7-5-6-7/h1-4,7H,5-6H2,(H2,13,14,15,16). The molecule has 84 valence electrons. The van der Waals surface area contributed by atoms with Gasteiger partial charge in [0.05, 0.1) is 10.7 Å². The van der Waals surface area contributed by atoms with Crippen LogP contribution in [0.1, 0.15) is 12.8 Å². The lowest BCUT2D eigenvalue weighted by atomic mass is 10.3. The van der Waals surface area contributed by atoms with Crippen LogP contribution in [-0.4, -0.2) is 11.9 Å². The van der Waals surface area contributed by atoms with Gasteiger partial charge in [-0.25, -0.2) is 4.79 Å². The maximum Gasteiger partial charge on any atom is 0.325 e. The Kier molecular flexibility index (Phi) is 3.10. The molecule has 0 saturated heterocycles. The number of benzene rings is 1. The van der Waals surface area contributed by atoms with Crippen molar-refractivity contribution < 1.29 is 9.59 Å². The third-order valence-corrected chi connectivity index (χ3v) is 2.64. The third-order valence-electron chi connectivity index (χ3n) is 2.31. The molecule has 0 aliphatic heterocycles. The lowest BCUT2D eigenvalue weighted by molar-refractivity contribution is -0.121. The number of nitrogens with one attached hydrogen (secondary N) is 2. The lowest BCUT2D eigenvalue weighted by Crippen LogP contribution is -2.35. The quantitative estimate of drug-likeness (QED) is 0.831. The van der Waals surface area contributed by atoms with Crippen molar-refractivity contribution in [1.82, 2.24) is 5.32 Å². The molecule has 0 spiro atoms. The summed E-state index contributed by atoms with van der Waals surface area (Å²) in [4.78, 5) is 22.7. The summed E-state index contributed by atoms with van der Waals surface area (Å²) >= 11 is 5.85. The molecule has 1 aromatic rings. The normalized spacial score (nSPS) is 14.3. The van der Waals surface area contributed by atoms with E-state index in [4.69, 9.17) is 11.6 Å². The molecular formula is C11H11ClN2O2. The van der Waals surface area contributed by atoms with Crippen molar-refractivity contribution in [1.29, 1.82) is 0 Å². The Morgan fingerprint density at radius 2 is 1.94 bits per heavy atom. The highest BCUT2D eigenvalue weighted by Crippen LogP contribution is 2.28. The number of rotatable bonds is 2. The number of imide groups is 1. The number of hydrogen-bond donors (Lipinski definition) is 2. The summed E-state index contributed by atoms with van der Waals surface area (Å²) in [5.41, 5.74) is 0.491. The van der Waals surface area contributed by atoms with Crippen molar-refractivity contribution in [2.75, 3.05) is 5.32 Å². The SMILES string of the molecule is O=C(NC(=O)C1CC1)Nc1ccccc1Cl. The van der Waals surface area contributed by atoms with Gasteiger partial charge in [-0.1, -0.05) is 23.7 Å². The van der Waals surface area contributed by atoms with E-state index in [0.717, 1.165) is 12.8 Å². The first-order valence-corrected chi connectivity index (χ1v) is 5.41. The molecule has 0 unspecified atom stereocenters. The van der Waals surface area contributed by atoms with Gasteiger partial charge in [0.15, 0.2) is 0 Å². The number of amides is 3. The molecule has 0 aromatic heterocycles. The van der Waals surface area contributed by atoms with Crippen LogP contribution in [0.3, 0.4) is 0 Å². The predicted molar refractivity (Wildman–Crippen MR) is 61.3 cm³/mol. The highest BCUT2D eigenvalue weighted by atomic mass is 35.5. The van der Waals surface area contributed by atoms with E-state index in [1.54, 1.807) is 24.3 Å². The highest BCUT2D eigenvalue weighted by molar-refractivity contribution is 6.33. The topological polar surface area (TPSA) is 58.2 Å². The van der Waals surface area contributed by atoms with Crippen LogP contribution in [0, 0.1) is 5.92 Å². The van der Waals surface area contributed by atoms with Gasteiger partial charge < -0.3 is 5.32 Å². The van der Waals surface area contributed by atoms with Gasteiger partial charge in [-0.15, -0.1) is 0 Å². The van der Waals surface area contributed by atoms with Crippen molar-refractivity contribution in [3.63, 3.8) is 0 Å². The molecule has 1 aliphatic carbocycles. The molecule has 0 heterocycles. The minimum Gasteiger partial charge on any atom is -0.306 e. The molecule has 1 aliphatic rings. The summed E-state index contributed by atoms with van der Waals surface area (Å²) < 4.78 is 0. The Bertz CT molecular complexity index is 430. The van der Waals surface area contributed by atoms with E-state index in [1.807, 2.05) is 0 Å². The largest absolute Gasteiger partial charge is 0.325 e. The number of para-hydroxylation sites is 1. The number of carbonyl (C=O) groups is 2. The fraction of sp³-hybridized carbons (Fsp3) is 0.273. The molecule has 1 aromatic carbocycles. The van der Waals surface area contributed by atoms with Gasteiger partial charge in [0.25, 0.3) is 0 Å². The average molecular weight is 239 g/mol. The first-order chi connectivity index (χ1) is 7.66. The second-order valence-electron chi connectivity index (χ2n) is 3.70. The van der Waals surface area contributed by atoms with Crippen LogP contribution in [-0.2, 0) is 4.79 Å². The van der Waals surface area contributed by atoms with E-state index in [0.29, 0.717) is 10.7 Å². The number of anilines is 1. The van der Waals surface area contributed by atoms with Crippen LogP contribution in [0.15, 0.2) is 24.3 Å². The van der Waals surface area contributed by atoms with Crippen molar-refractivity contribution in [3.05, 3.63) is 29.3 Å². The van der Waals surface area contributed by atoms with E-state index >= 15 is 0 Å². The van der Waals surface area contributed by atoms with Gasteiger partial charge in [0.1, 0.15) is 0 Å². The van der Waals surface area contributed by atoms with Gasteiger partial charge in [0, 0.05) is 5.92 Å². The van der Waals surface area contributed by atoms with Gasteiger partial charge in [-0.05, 0) is 25.0 Å². The molecule has 5 heteroatoms. The van der Waals surface area contributed by atoms with Crippen LogP contribution in [0.4, 0.5) is 10.5 Å². The summed E-state index contributed by atoms with van der Waals surface area (Å²) in [6, 6.07) is 6.32. The second kappa shape index (κ2) is 4.53. The van der Waals surface area contributed by atoms with Gasteiger partial charge in [-0.3, -0.25) is 10.1 Å². The zero-order valence-corrected chi connectivity index (χ0v) is 9.25. The molecule has 0 radical (unpaired) electrons. The molecule has 2 rings (SSSR count). The Morgan fingerprint density at radius 3 is 2.56 bits per heavy atom. The minimum atomic E-state index is -0.537. The zero-order valence-electron chi connectivity index (χ0n) is 8.50. The first kappa shape index (κ1) is 11.0. The Balaban J connectivity index is 1.91. The van der Waals surface area contributed by atoms with Crippen molar-refractivity contribution >= 4 is 29.2 Å². The smallest absolute Gasteiger partial charge is 0.306 e. The van der Waals surface area contributed by atoms with Gasteiger partial charge in [-0.2, -0.15) is 0 Å². The summed E-state index contributed by atoms with van der Waals surface area (Å²) in [6.45, 7) is 0. The maximum atomic E-state index is 11.4. The fourth-order valence-corrected chi connectivity index (χ4v) is 1.46. The molecular weight excluding hydrogens is 228 g/mol. The second-order valence-corrected chi connectivity index (χ2v) is 4.10. The Hall–Kier alpha value is -1.55. The average Bonchev–Trinajstić information content (AvgIpc) is 3.04. The number of hydrogen-bond acceptors (Lipinski definition) is 2. The molecule has 4 nitrogen and oxygen atoms in total. The van der Waals surface area contributed by atoms with Crippen LogP contribution in [0.2, 0.25) is 5.02 Å². The van der Waals surface area contributed by atoms with Gasteiger partial charge in [0.2, 0.25) is 5.91 Å². The summed E-state index contributed by atoms with van der Waals surface area (Å²) in [5.74, 6) is -0.207. The third kappa shape index (κ3) is 2.73. The van der Waals surface area contributed by atoms with E-state index in [-0.39, 0.29) is 11.8 Å². The lowest BCUT2D eigenvalue weighted by Gasteiger charge is -2.07. The van der Waals surface area contributed by atoms with Gasteiger partial charge >= 0.3 is 6.03 Å². The Morgan fingerprint density at radius 1 is 1.25 bits per heavy atom. The van der Waals surface area contributed by atoms with E-state index < -0.39 is 6.03 Å². The predicted octanol–water partition coefficient (Wildman–Crippen LogP) is 2.40. The van der Waals surface area contributed by atoms with Crippen molar-refractivity contribution in [2.45, 2.75) is 12.8 Å².